The molecule has 0 aliphatic carbocycles. The van der Waals surface area contributed by atoms with Crippen molar-refractivity contribution < 1.29 is 23.7 Å². The van der Waals surface area contributed by atoms with Crippen molar-refractivity contribution in [1.82, 2.24) is 0 Å². The minimum atomic E-state index is 0.647. The molecule has 0 fully saturated rings. The Labute approximate surface area is 162 Å². The van der Waals surface area contributed by atoms with Gasteiger partial charge in [0, 0.05) is 0 Å². The van der Waals surface area contributed by atoms with Gasteiger partial charge >= 0.3 is 0 Å². The molecule has 0 amide bonds. The first-order chi connectivity index (χ1) is 13.2. The van der Waals surface area contributed by atoms with E-state index in [2.05, 4.69) is 13.0 Å². The van der Waals surface area contributed by atoms with Crippen molar-refractivity contribution in [2.45, 2.75) is 32.6 Å². The fraction of sp³-hybridized carbons (Fsp3) is 0.455. The molecule has 2 aromatic carbocycles. The van der Waals surface area contributed by atoms with Crippen molar-refractivity contribution in [3.8, 4) is 28.7 Å². The maximum absolute atomic E-state index is 5.88. The third-order valence-electron chi connectivity index (χ3n) is 4.41. The van der Waals surface area contributed by atoms with Crippen LogP contribution in [0.1, 0.15) is 30.9 Å². The molecule has 5 heteroatoms. The summed E-state index contributed by atoms with van der Waals surface area (Å²) in [5, 5.41) is 0. The molecule has 0 atom stereocenters. The molecule has 0 aliphatic rings. The lowest BCUT2D eigenvalue weighted by Gasteiger charge is -2.16. The molecule has 0 unspecified atom stereocenters. The van der Waals surface area contributed by atoms with E-state index >= 15 is 0 Å². The van der Waals surface area contributed by atoms with Gasteiger partial charge in [0.25, 0.3) is 0 Å². The maximum Gasteiger partial charge on any atom is 0.203 e. The van der Waals surface area contributed by atoms with Gasteiger partial charge in [0.15, 0.2) is 23.0 Å². The van der Waals surface area contributed by atoms with Gasteiger partial charge < -0.3 is 23.7 Å². The zero-order chi connectivity index (χ0) is 19.6. The molecule has 0 heterocycles. The van der Waals surface area contributed by atoms with E-state index in [1.165, 1.54) is 5.56 Å². The first-order valence-electron chi connectivity index (χ1n) is 9.25. The summed E-state index contributed by atoms with van der Waals surface area (Å²) in [6.45, 7) is 2.78. The second-order valence-corrected chi connectivity index (χ2v) is 6.22. The van der Waals surface area contributed by atoms with E-state index in [0.29, 0.717) is 23.9 Å². The predicted molar refractivity (Wildman–Crippen MR) is 107 cm³/mol. The Morgan fingerprint density at radius 1 is 0.667 bits per heavy atom. The first-order valence-corrected chi connectivity index (χ1v) is 9.25. The number of hydrogen-bond donors (Lipinski definition) is 0. The maximum atomic E-state index is 5.88. The van der Waals surface area contributed by atoms with Crippen LogP contribution < -0.4 is 23.7 Å². The molecule has 0 radical (unpaired) electrons. The summed E-state index contributed by atoms with van der Waals surface area (Å²) in [5.41, 5.74) is 2.30. The number of rotatable bonds is 11. The van der Waals surface area contributed by atoms with Crippen molar-refractivity contribution in [2.24, 2.45) is 0 Å². The number of ether oxygens (including phenoxy) is 5. The van der Waals surface area contributed by atoms with Gasteiger partial charge in [-0.05, 0) is 54.7 Å². The molecule has 2 rings (SSSR count). The van der Waals surface area contributed by atoms with E-state index in [9.17, 15) is 0 Å². The third kappa shape index (κ3) is 5.46. The van der Waals surface area contributed by atoms with Crippen molar-refractivity contribution in [2.75, 3.05) is 35.0 Å². The Kier molecular flexibility index (Phi) is 8.11. The zero-order valence-electron chi connectivity index (χ0n) is 17.0. The highest BCUT2D eigenvalue weighted by molar-refractivity contribution is 5.54. The quantitative estimate of drug-likeness (QED) is 0.534. The zero-order valence-corrected chi connectivity index (χ0v) is 17.0. The number of benzene rings is 2. The molecule has 27 heavy (non-hydrogen) atoms. The molecule has 0 saturated carbocycles. The van der Waals surface area contributed by atoms with Gasteiger partial charge in [-0.3, -0.25) is 0 Å². The van der Waals surface area contributed by atoms with Gasteiger partial charge in [0.2, 0.25) is 5.75 Å². The summed E-state index contributed by atoms with van der Waals surface area (Å²) in [5.74, 6) is 3.55. The SMILES string of the molecule is CCCCOc1c(OC)cc(CCc2ccc(OC)c(OC)c2)cc1OC. The molecular formula is C22H30O5. The largest absolute Gasteiger partial charge is 0.493 e. The Bertz CT molecular complexity index is 702. The molecule has 148 valence electrons. The minimum Gasteiger partial charge on any atom is -0.493 e. The predicted octanol–water partition coefficient (Wildman–Crippen LogP) is 4.69. The molecule has 0 aliphatic heterocycles. The molecule has 0 bridgehead atoms. The number of hydrogen-bond acceptors (Lipinski definition) is 5. The molecule has 2 aromatic rings. The summed E-state index contributed by atoms with van der Waals surface area (Å²) < 4.78 is 27.6. The van der Waals surface area contributed by atoms with Gasteiger partial charge in [0.05, 0.1) is 35.0 Å². The first kappa shape index (κ1) is 20.7. The van der Waals surface area contributed by atoms with Crippen LogP contribution in [0.4, 0.5) is 0 Å². The van der Waals surface area contributed by atoms with Crippen molar-refractivity contribution in [3.63, 3.8) is 0 Å². The summed E-state index contributed by atoms with van der Waals surface area (Å²) in [6.07, 6.45) is 3.78. The van der Waals surface area contributed by atoms with Gasteiger partial charge in [-0.2, -0.15) is 0 Å². The fourth-order valence-corrected chi connectivity index (χ4v) is 2.86. The van der Waals surface area contributed by atoms with Crippen LogP contribution in [0, 0.1) is 0 Å². The summed E-state index contributed by atoms with van der Waals surface area (Å²) >= 11 is 0. The molecule has 5 nitrogen and oxygen atoms in total. The Morgan fingerprint density at radius 3 is 1.78 bits per heavy atom. The third-order valence-corrected chi connectivity index (χ3v) is 4.41. The summed E-state index contributed by atoms with van der Waals surface area (Å²) in [7, 11) is 6.59. The van der Waals surface area contributed by atoms with E-state index in [-0.39, 0.29) is 0 Å². The topological polar surface area (TPSA) is 46.2 Å². The normalized spacial score (nSPS) is 10.4. The van der Waals surface area contributed by atoms with Gasteiger partial charge in [-0.25, -0.2) is 0 Å². The molecule has 0 saturated heterocycles. The van der Waals surface area contributed by atoms with Crippen LogP contribution >= 0.6 is 0 Å². The molecule has 0 aromatic heterocycles. The van der Waals surface area contributed by atoms with Gasteiger partial charge in [-0.15, -0.1) is 0 Å². The smallest absolute Gasteiger partial charge is 0.203 e. The van der Waals surface area contributed by atoms with Gasteiger partial charge in [-0.1, -0.05) is 19.4 Å². The van der Waals surface area contributed by atoms with Crippen molar-refractivity contribution >= 4 is 0 Å². The number of unbranched alkanes of at least 4 members (excludes halogenated alkanes) is 1. The highest BCUT2D eigenvalue weighted by Crippen LogP contribution is 2.39. The summed E-state index contributed by atoms with van der Waals surface area (Å²) in [4.78, 5) is 0. The second-order valence-electron chi connectivity index (χ2n) is 6.22. The van der Waals surface area contributed by atoms with Crippen LogP contribution in [-0.2, 0) is 12.8 Å². The van der Waals surface area contributed by atoms with Crippen LogP contribution in [0.3, 0.4) is 0 Å². The molecular weight excluding hydrogens is 344 g/mol. The minimum absolute atomic E-state index is 0.647. The average Bonchev–Trinajstić information content (AvgIpc) is 2.72. The van der Waals surface area contributed by atoms with E-state index in [1.807, 2.05) is 24.3 Å². The van der Waals surface area contributed by atoms with Crippen LogP contribution in [0.5, 0.6) is 28.7 Å². The van der Waals surface area contributed by atoms with E-state index in [4.69, 9.17) is 23.7 Å². The number of methoxy groups -OCH3 is 4. The molecule has 0 N–H and O–H groups in total. The van der Waals surface area contributed by atoms with Crippen molar-refractivity contribution in [1.29, 1.82) is 0 Å². The lowest BCUT2D eigenvalue weighted by atomic mass is 10.0. The lowest BCUT2D eigenvalue weighted by molar-refractivity contribution is 0.269. The summed E-state index contributed by atoms with van der Waals surface area (Å²) in [6, 6.07) is 10.0. The standard InChI is InChI=1S/C22H30O5/c1-6-7-12-27-22-20(25-4)14-17(15-21(22)26-5)9-8-16-10-11-18(23-2)19(13-16)24-3/h10-11,13-15H,6-9,12H2,1-5H3. The molecule has 0 spiro atoms. The average molecular weight is 374 g/mol. The Balaban J connectivity index is 2.16. The second kappa shape index (κ2) is 10.6. The van der Waals surface area contributed by atoms with Gasteiger partial charge in [0.1, 0.15) is 0 Å². The van der Waals surface area contributed by atoms with Crippen molar-refractivity contribution in [3.05, 3.63) is 41.5 Å². The Hall–Kier alpha value is -2.56. The van der Waals surface area contributed by atoms with Crippen LogP contribution in [-0.4, -0.2) is 35.0 Å². The van der Waals surface area contributed by atoms with Crippen LogP contribution in [0.2, 0.25) is 0 Å². The van der Waals surface area contributed by atoms with E-state index in [1.54, 1.807) is 28.4 Å². The van der Waals surface area contributed by atoms with Crippen LogP contribution in [0.15, 0.2) is 30.3 Å². The fourth-order valence-electron chi connectivity index (χ4n) is 2.86. The van der Waals surface area contributed by atoms with E-state index in [0.717, 1.165) is 42.7 Å². The Morgan fingerprint density at radius 2 is 1.22 bits per heavy atom. The van der Waals surface area contributed by atoms with E-state index < -0.39 is 0 Å². The highest BCUT2D eigenvalue weighted by atomic mass is 16.5. The van der Waals surface area contributed by atoms with Crippen LogP contribution in [0.25, 0.3) is 0 Å². The number of aryl methyl sites for hydroxylation is 2. The lowest BCUT2D eigenvalue weighted by Crippen LogP contribution is -2.03. The highest BCUT2D eigenvalue weighted by Gasteiger charge is 2.14. The monoisotopic (exact) mass is 374 g/mol.